The van der Waals surface area contributed by atoms with Crippen molar-refractivity contribution in [2.75, 3.05) is 25.5 Å². The summed E-state index contributed by atoms with van der Waals surface area (Å²) in [6, 6.07) is 12.4. The fourth-order valence-corrected chi connectivity index (χ4v) is 3.82. The second-order valence-electron chi connectivity index (χ2n) is 6.99. The fraction of sp³-hybridized carbons (Fsp3) is 0.400. The lowest BCUT2D eigenvalue weighted by molar-refractivity contribution is 0.158. The molecular formula is C20H27FN2O3S. The van der Waals surface area contributed by atoms with Crippen molar-refractivity contribution < 1.29 is 17.9 Å². The van der Waals surface area contributed by atoms with Crippen LogP contribution in [0.1, 0.15) is 31.4 Å². The summed E-state index contributed by atoms with van der Waals surface area (Å²) < 4.78 is 39.9. The third-order valence-corrected chi connectivity index (χ3v) is 5.91. The average molecular weight is 395 g/mol. The van der Waals surface area contributed by atoms with Gasteiger partial charge in [-0.2, -0.15) is 0 Å². The van der Waals surface area contributed by atoms with E-state index >= 15 is 0 Å². The van der Waals surface area contributed by atoms with E-state index < -0.39 is 21.9 Å². The van der Waals surface area contributed by atoms with E-state index in [0.717, 1.165) is 23.4 Å². The van der Waals surface area contributed by atoms with Gasteiger partial charge in [-0.05, 0) is 60.7 Å². The minimum absolute atomic E-state index is 0.0390. The van der Waals surface area contributed by atoms with Gasteiger partial charge in [0.1, 0.15) is 5.82 Å². The summed E-state index contributed by atoms with van der Waals surface area (Å²) in [6.45, 7) is 2.18. The van der Waals surface area contributed by atoms with Gasteiger partial charge in [-0.1, -0.05) is 19.1 Å². The molecule has 0 aromatic heterocycles. The predicted molar refractivity (Wildman–Crippen MR) is 106 cm³/mol. The standard InChI is InChI=1S/C20H27FN2O3S/c1-15(14-22-27(25,26)19-11-7-17(21)8-12-19)4-13-20(24)16-5-9-18(10-6-16)23(2)3/h5-12,15,20,22,24H,4,13-14H2,1-3H3/t15-,20?/m0/s1. The third-order valence-electron chi connectivity index (χ3n) is 4.47. The smallest absolute Gasteiger partial charge is 0.240 e. The predicted octanol–water partition coefficient (Wildman–Crippen LogP) is 3.32. The van der Waals surface area contributed by atoms with E-state index in [1.807, 2.05) is 50.2 Å². The minimum atomic E-state index is -3.66. The highest BCUT2D eigenvalue weighted by Crippen LogP contribution is 2.23. The number of nitrogens with zero attached hydrogens (tertiary/aromatic N) is 1. The number of sulfonamides is 1. The Balaban J connectivity index is 1.83. The monoisotopic (exact) mass is 394 g/mol. The Bertz CT molecular complexity index is 821. The molecule has 2 rings (SSSR count). The molecule has 0 saturated heterocycles. The van der Waals surface area contributed by atoms with Crippen molar-refractivity contribution in [1.29, 1.82) is 0 Å². The molecule has 0 aliphatic carbocycles. The van der Waals surface area contributed by atoms with Crippen LogP contribution < -0.4 is 9.62 Å². The van der Waals surface area contributed by atoms with Gasteiger partial charge in [0.05, 0.1) is 11.0 Å². The van der Waals surface area contributed by atoms with Crippen LogP contribution in [-0.4, -0.2) is 34.2 Å². The molecule has 0 amide bonds. The molecule has 2 N–H and O–H groups in total. The highest BCUT2D eigenvalue weighted by Gasteiger charge is 2.16. The van der Waals surface area contributed by atoms with Gasteiger partial charge in [0, 0.05) is 26.3 Å². The van der Waals surface area contributed by atoms with Crippen LogP contribution in [0.25, 0.3) is 0 Å². The normalized spacial score (nSPS) is 14.0. The van der Waals surface area contributed by atoms with Gasteiger partial charge in [0.2, 0.25) is 10.0 Å². The van der Waals surface area contributed by atoms with Crippen molar-refractivity contribution in [2.24, 2.45) is 5.92 Å². The second kappa shape index (κ2) is 9.30. The molecule has 2 aromatic carbocycles. The van der Waals surface area contributed by atoms with E-state index in [2.05, 4.69) is 4.72 Å². The van der Waals surface area contributed by atoms with Gasteiger partial charge in [-0.3, -0.25) is 0 Å². The van der Waals surface area contributed by atoms with Crippen LogP contribution in [0, 0.1) is 11.7 Å². The Kier molecular flexibility index (Phi) is 7.35. The Morgan fingerprint density at radius 1 is 1.04 bits per heavy atom. The van der Waals surface area contributed by atoms with Crippen molar-refractivity contribution in [1.82, 2.24) is 4.72 Å². The van der Waals surface area contributed by atoms with Gasteiger partial charge in [-0.15, -0.1) is 0 Å². The molecule has 5 nitrogen and oxygen atoms in total. The first-order valence-electron chi connectivity index (χ1n) is 8.89. The number of hydrogen-bond donors (Lipinski definition) is 2. The highest BCUT2D eigenvalue weighted by molar-refractivity contribution is 7.89. The third kappa shape index (κ3) is 6.30. The zero-order chi connectivity index (χ0) is 20.0. The Hall–Kier alpha value is -1.96. The van der Waals surface area contributed by atoms with Crippen molar-refractivity contribution in [3.8, 4) is 0 Å². The number of halogens is 1. The van der Waals surface area contributed by atoms with E-state index in [9.17, 15) is 17.9 Å². The molecule has 1 unspecified atom stereocenters. The van der Waals surface area contributed by atoms with Crippen LogP contribution in [0.3, 0.4) is 0 Å². The summed E-state index contributed by atoms with van der Waals surface area (Å²) in [5, 5.41) is 10.3. The highest BCUT2D eigenvalue weighted by atomic mass is 32.2. The summed E-state index contributed by atoms with van der Waals surface area (Å²) >= 11 is 0. The SMILES string of the molecule is C[C@@H](CCC(O)c1ccc(N(C)C)cc1)CNS(=O)(=O)c1ccc(F)cc1. The lowest BCUT2D eigenvalue weighted by atomic mass is 9.99. The van der Waals surface area contributed by atoms with Crippen molar-refractivity contribution >= 4 is 15.7 Å². The Morgan fingerprint density at radius 3 is 2.19 bits per heavy atom. The second-order valence-corrected chi connectivity index (χ2v) is 8.76. The summed E-state index contributed by atoms with van der Waals surface area (Å²) in [5.74, 6) is -0.425. The van der Waals surface area contributed by atoms with Gasteiger partial charge < -0.3 is 10.0 Å². The fourth-order valence-electron chi connectivity index (χ4n) is 2.65. The van der Waals surface area contributed by atoms with E-state index in [1.165, 1.54) is 12.1 Å². The first-order chi connectivity index (χ1) is 12.7. The van der Waals surface area contributed by atoms with E-state index in [0.29, 0.717) is 12.8 Å². The molecule has 0 bridgehead atoms. The minimum Gasteiger partial charge on any atom is -0.388 e. The zero-order valence-corrected chi connectivity index (χ0v) is 16.7. The van der Waals surface area contributed by atoms with Crippen molar-refractivity contribution in [3.05, 3.63) is 59.9 Å². The van der Waals surface area contributed by atoms with Crippen molar-refractivity contribution in [2.45, 2.75) is 30.8 Å². The molecule has 148 valence electrons. The molecule has 0 aliphatic heterocycles. The average Bonchev–Trinajstić information content (AvgIpc) is 2.65. The summed E-state index contributed by atoms with van der Waals surface area (Å²) in [4.78, 5) is 2.03. The number of anilines is 1. The van der Waals surface area contributed by atoms with Gasteiger partial charge in [0.25, 0.3) is 0 Å². The maximum Gasteiger partial charge on any atom is 0.240 e. The van der Waals surface area contributed by atoms with Gasteiger partial charge in [-0.25, -0.2) is 17.5 Å². The van der Waals surface area contributed by atoms with Crippen LogP contribution in [0.4, 0.5) is 10.1 Å². The molecule has 0 fully saturated rings. The zero-order valence-electron chi connectivity index (χ0n) is 15.9. The molecular weight excluding hydrogens is 367 g/mol. The van der Waals surface area contributed by atoms with Gasteiger partial charge in [0.15, 0.2) is 0 Å². The summed E-state index contributed by atoms with van der Waals surface area (Å²) in [6.07, 6.45) is 0.626. The number of aliphatic hydroxyl groups is 1. The Morgan fingerprint density at radius 2 is 1.63 bits per heavy atom. The topological polar surface area (TPSA) is 69.6 Å². The lowest BCUT2D eigenvalue weighted by Gasteiger charge is -2.17. The largest absolute Gasteiger partial charge is 0.388 e. The van der Waals surface area contributed by atoms with Crippen LogP contribution in [0.2, 0.25) is 0 Å². The van der Waals surface area contributed by atoms with E-state index in [4.69, 9.17) is 0 Å². The number of rotatable bonds is 9. The quantitative estimate of drug-likeness (QED) is 0.685. The molecule has 27 heavy (non-hydrogen) atoms. The molecule has 0 aliphatic rings. The maximum absolute atomic E-state index is 12.9. The molecule has 0 radical (unpaired) electrons. The molecule has 0 saturated carbocycles. The number of hydrogen-bond acceptors (Lipinski definition) is 4. The number of aliphatic hydroxyl groups excluding tert-OH is 1. The molecule has 2 atom stereocenters. The van der Waals surface area contributed by atoms with Crippen molar-refractivity contribution in [3.63, 3.8) is 0 Å². The maximum atomic E-state index is 12.9. The molecule has 2 aromatic rings. The van der Waals surface area contributed by atoms with Crippen LogP contribution in [0.15, 0.2) is 53.4 Å². The first-order valence-corrected chi connectivity index (χ1v) is 10.4. The van der Waals surface area contributed by atoms with Crippen LogP contribution in [0.5, 0.6) is 0 Å². The molecule has 0 heterocycles. The Labute approximate surface area is 160 Å². The first kappa shape index (κ1) is 21.3. The van der Waals surface area contributed by atoms with E-state index in [-0.39, 0.29) is 17.4 Å². The summed E-state index contributed by atoms with van der Waals surface area (Å²) in [5.41, 5.74) is 1.91. The lowest BCUT2D eigenvalue weighted by Crippen LogP contribution is -2.28. The summed E-state index contributed by atoms with van der Waals surface area (Å²) in [7, 11) is 0.257. The molecule has 7 heteroatoms. The molecule has 0 spiro atoms. The number of benzene rings is 2. The number of nitrogens with one attached hydrogen (secondary N) is 1. The van der Waals surface area contributed by atoms with Crippen LogP contribution in [-0.2, 0) is 10.0 Å². The van der Waals surface area contributed by atoms with Crippen LogP contribution >= 0.6 is 0 Å². The van der Waals surface area contributed by atoms with E-state index in [1.54, 1.807) is 0 Å². The van der Waals surface area contributed by atoms with Gasteiger partial charge >= 0.3 is 0 Å².